The van der Waals surface area contributed by atoms with Crippen molar-refractivity contribution >= 4 is 6.29 Å². The van der Waals surface area contributed by atoms with Crippen LogP contribution in [0.3, 0.4) is 0 Å². The molecule has 1 fully saturated rings. The molecular weight excluding hydrogens is 256 g/mol. The minimum Gasteiger partial charge on any atom is -0.493 e. The minimum atomic E-state index is -0.321. The standard InChI is InChI=1S/C9H10O3.C6H14N2/c1-11-8-5-3-4-7(6-10)9(8)12-2;7-6(8)4-2-1-3-5-6/h3-6H,1-2H3;1-5,7-8H2. The number of rotatable bonds is 3. The van der Waals surface area contributed by atoms with Gasteiger partial charge < -0.3 is 20.9 Å². The summed E-state index contributed by atoms with van der Waals surface area (Å²) in [7, 11) is 3.04. The second kappa shape index (κ2) is 7.87. The molecule has 0 amide bonds. The average molecular weight is 280 g/mol. The van der Waals surface area contributed by atoms with Crippen LogP contribution in [0.15, 0.2) is 18.2 Å². The molecule has 0 aromatic heterocycles. The summed E-state index contributed by atoms with van der Waals surface area (Å²) in [6, 6.07) is 5.16. The fourth-order valence-electron chi connectivity index (χ4n) is 2.21. The largest absolute Gasteiger partial charge is 0.493 e. The van der Waals surface area contributed by atoms with Crippen LogP contribution in [0.5, 0.6) is 11.5 Å². The first-order valence-corrected chi connectivity index (χ1v) is 6.78. The molecule has 1 aromatic carbocycles. The van der Waals surface area contributed by atoms with E-state index >= 15 is 0 Å². The average Bonchev–Trinajstić information content (AvgIpc) is 2.46. The van der Waals surface area contributed by atoms with Crippen molar-refractivity contribution in [3.63, 3.8) is 0 Å². The smallest absolute Gasteiger partial charge is 0.171 e. The van der Waals surface area contributed by atoms with Gasteiger partial charge in [0.2, 0.25) is 0 Å². The molecule has 4 N–H and O–H groups in total. The van der Waals surface area contributed by atoms with Crippen LogP contribution >= 0.6 is 0 Å². The summed E-state index contributed by atoms with van der Waals surface area (Å²) in [5.74, 6) is 1.05. The Bertz CT molecular complexity index is 425. The van der Waals surface area contributed by atoms with E-state index < -0.39 is 0 Å². The summed E-state index contributed by atoms with van der Waals surface area (Å²) in [6.07, 6.45) is 6.50. The lowest BCUT2D eigenvalue weighted by molar-refractivity contribution is 0.112. The highest BCUT2D eigenvalue weighted by molar-refractivity contribution is 5.81. The molecule has 0 heterocycles. The Morgan fingerprint density at radius 2 is 1.75 bits per heavy atom. The van der Waals surface area contributed by atoms with Gasteiger partial charge in [-0.05, 0) is 25.0 Å². The second-order valence-electron chi connectivity index (χ2n) is 4.99. The van der Waals surface area contributed by atoms with Gasteiger partial charge in [-0.2, -0.15) is 0 Å². The first-order chi connectivity index (χ1) is 9.54. The van der Waals surface area contributed by atoms with Crippen molar-refractivity contribution in [2.24, 2.45) is 11.5 Å². The summed E-state index contributed by atoms with van der Waals surface area (Å²) in [5.41, 5.74) is 11.5. The van der Waals surface area contributed by atoms with Crippen LogP contribution in [0.2, 0.25) is 0 Å². The molecule has 1 aliphatic rings. The van der Waals surface area contributed by atoms with Crippen molar-refractivity contribution in [3.8, 4) is 11.5 Å². The Hall–Kier alpha value is -1.59. The Labute approximate surface area is 120 Å². The third-order valence-corrected chi connectivity index (χ3v) is 3.34. The number of para-hydroxylation sites is 1. The molecule has 0 radical (unpaired) electrons. The van der Waals surface area contributed by atoms with Crippen molar-refractivity contribution in [2.75, 3.05) is 14.2 Å². The molecule has 0 saturated heterocycles. The third kappa shape index (κ3) is 4.83. The number of hydrogen-bond donors (Lipinski definition) is 2. The number of benzene rings is 1. The third-order valence-electron chi connectivity index (χ3n) is 3.34. The highest BCUT2D eigenvalue weighted by Crippen LogP contribution is 2.29. The summed E-state index contributed by atoms with van der Waals surface area (Å²) < 4.78 is 10.00. The van der Waals surface area contributed by atoms with E-state index in [9.17, 15) is 4.79 Å². The van der Waals surface area contributed by atoms with E-state index in [-0.39, 0.29) is 5.66 Å². The lowest BCUT2D eigenvalue weighted by atomic mass is 9.91. The van der Waals surface area contributed by atoms with Gasteiger partial charge in [0.1, 0.15) is 0 Å². The Morgan fingerprint density at radius 3 is 2.15 bits per heavy atom. The Balaban J connectivity index is 0.000000217. The second-order valence-corrected chi connectivity index (χ2v) is 4.99. The van der Waals surface area contributed by atoms with Gasteiger partial charge in [-0.25, -0.2) is 0 Å². The van der Waals surface area contributed by atoms with Crippen molar-refractivity contribution in [1.29, 1.82) is 0 Å². The van der Waals surface area contributed by atoms with Crippen LogP contribution in [-0.2, 0) is 0 Å². The van der Waals surface area contributed by atoms with Gasteiger partial charge in [-0.15, -0.1) is 0 Å². The molecule has 1 aliphatic carbocycles. The molecule has 0 spiro atoms. The fourth-order valence-corrected chi connectivity index (χ4v) is 2.21. The molecular formula is C15H24N2O3. The summed E-state index contributed by atoms with van der Waals surface area (Å²) in [4.78, 5) is 10.5. The molecule has 1 aromatic rings. The highest BCUT2D eigenvalue weighted by atomic mass is 16.5. The fraction of sp³-hybridized carbons (Fsp3) is 0.533. The number of ether oxygens (including phenoxy) is 2. The van der Waals surface area contributed by atoms with Crippen LogP contribution in [0.25, 0.3) is 0 Å². The molecule has 112 valence electrons. The lowest BCUT2D eigenvalue weighted by Crippen LogP contribution is -2.50. The number of carbonyl (C=O) groups is 1. The van der Waals surface area contributed by atoms with Crippen LogP contribution in [0.1, 0.15) is 42.5 Å². The minimum absolute atomic E-state index is 0.321. The van der Waals surface area contributed by atoms with Crippen molar-refractivity contribution < 1.29 is 14.3 Å². The van der Waals surface area contributed by atoms with E-state index in [0.29, 0.717) is 17.1 Å². The summed E-state index contributed by atoms with van der Waals surface area (Å²) >= 11 is 0. The monoisotopic (exact) mass is 280 g/mol. The van der Waals surface area contributed by atoms with Crippen LogP contribution in [0, 0.1) is 0 Å². The maximum absolute atomic E-state index is 10.5. The predicted octanol–water partition coefficient (Wildman–Crippen LogP) is 2.08. The van der Waals surface area contributed by atoms with Gasteiger partial charge in [0.25, 0.3) is 0 Å². The summed E-state index contributed by atoms with van der Waals surface area (Å²) in [6.45, 7) is 0. The summed E-state index contributed by atoms with van der Waals surface area (Å²) in [5, 5.41) is 0. The van der Waals surface area contributed by atoms with Gasteiger partial charge in [-0.1, -0.05) is 25.3 Å². The number of methoxy groups -OCH3 is 2. The molecule has 5 heteroatoms. The zero-order valence-electron chi connectivity index (χ0n) is 12.2. The number of carbonyl (C=O) groups excluding carboxylic acids is 1. The predicted molar refractivity (Wildman–Crippen MR) is 79.1 cm³/mol. The van der Waals surface area contributed by atoms with Gasteiger partial charge in [-0.3, -0.25) is 4.79 Å². The molecule has 2 rings (SSSR count). The molecule has 5 nitrogen and oxygen atoms in total. The Morgan fingerprint density at radius 1 is 1.10 bits per heavy atom. The zero-order chi connectivity index (χ0) is 15.0. The Kier molecular flexibility index (Phi) is 6.48. The zero-order valence-corrected chi connectivity index (χ0v) is 12.2. The first kappa shape index (κ1) is 16.5. The first-order valence-electron chi connectivity index (χ1n) is 6.78. The van der Waals surface area contributed by atoms with E-state index in [0.717, 1.165) is 19.1 Å². The molecule has 0 unspecified atom stereocenters. The van der Waals surface area contributed by atoms with Gasteiger partial charge in [0.15, 0.2) is 17.8 Å². The number of aldehydes is 1. The molecule has 0 bridgehead atoms. The lowest BCUT2D eigenvalue weighted by Gasteiger charge is -2.28. The SMILES string of the molecule is COc1cccc(C=O)c1OC.NC1(N)CCCCC1. The molecule has 1 saturated carbocycles. The molecule has 0 aliphatic heterocycles. The van der Waals surface area contributed by atoms with Crippen molar-refractivity contribution in [3.05, 3.63) is 23.8 Å². The van der Waals surface area contributed by atoms with Crippen molar-refractivity contribution in [1.82, 2.24) is 0 Å². The highest BCUT2D eigenvalue weighted by Gasteiger charge is 2.21. The number of hydrogen-bond acceptors (Lipinski definition) is 5. The maximum atomic E-state index is 10.5. The van der Waals surface area contributed by atoms with E-state index in [4.69, 9.17) is 20.9 Å². The van der Waals surface area contributed by atoms with Gasteiger partial charge in [0.05, 0.1) is 25.4 Å². The van der Waals surface area contributed by atoms with Crippen LogP contribution < -0.4 is 20.9 Å². The normalized spacial score (nSPS) is 16.6. The van der Waals surface area contributed by atoms with E-state index in [1.165, 1.54) is 33.5 Å². The molecule has 20 heavy (non-hydrogen) atoms. The maximum Gasteiger partial charge on any atom is 0.171 e. The number of nitrogens with two attached hydrogens (primary N) is 2. The van der Waals surface area contributed by atoms with E-state index in [1.807, 2.05) is 0 Å². The topological polar surface area (TPSA) is 87.6 Å². The van der Waals surface area contributed by atoms with E-state index in [1.54, 1.807) is 18.2 Å². The quantitative estimate of drug-likeness (QED) is 0.654. The van der Waals surface area contributed by atoms with Crippen LogP contribution in [0.4, 0.5) is 0 Å². The molecule has 0 atom stereocenters. The van der Waals surface area contributed by atoms with Gasteiger partial charge in [0, 0.05) is 0 Å². The van der Waals surface area contributed by atoms with Gasteiger partial charge >= 0.3 is 0 Å². The van der Waals surface area contributed by atoms with Crippen molar-refractivity contribution in [2.45, 2.75) is 37.8 Å². The van der Waals surface area contributed by atoms with Crippen LogP contribution in [-0.4, -0.2) is 26.2 Å². The van der Waals surface area contributed by atoms with E-state index in [2.05, 4.69) is 0 Å².